The van der Waals surface area contributed by atoms with Gasteiger partial charge in [0, 0.05) is 12.8 Å². The van der Waals surface area contributed by atoms with Crippen LogP contribution >= 0.6 is 0 Å². The molecule has 0 aromatic carbocycles. The van der Waals surface area contributed by atoms with Crippen LogP contribution in [0.2, 0.25) is 0 Å². The Morgan fingerprint density at radius 3 is 0.883 bits per heavy atom. The van der Waals surface area contributed by atoms with Crippen LogP contribution in [0.25, 0.3) is 0 Å². The van der Waals surface area contributed by atoms with Crippen LogP contribution in [0.5, 0.6) is 0 Å². The summed E-state index contributed by atoms with van der Waals surface area (Å²) in [5, 5.41) is 23.2. The van der Waals surface area contributed by atoms with Gasteiger partial charge in [0.05, 0.1) is 25.4 Å². The number of rotatable bonds is 67. The Kier molecular flexibility index (Phi) is 65.9. The van der Waals surface area contributed by atoms with Gasteiger partial charge in [0.25, 0.3) is 0 Å². The summed E-state index contributed by atoms with van der Waals surface area (Å²) < 4.78 is 5.51. The number of allylic oxidation sites excluding steroid dienone is 1. The monoisotopic (exact) mass is 1090 g/mol. The highest BCUT2D eigenvalue weighted by Gasteiger charge is 2.18. The number of unbranched alkanes of at least 4 members (excludes halogenated alkanes) is 56. The Hall–Kier alpha value is -1.40. The molecule has 2 unspecified atom stereocenters. The number of amides is 1. The minimum Gasteiger partial charge on any atom is -0.466 e. The first-order valence-corrected chi connectivity index (χ1v) is 35.5. The average Bonchev–Trinajstić information content (AvgIpc) is 3.43. The van der Waals surface area contributed by atoms with Crippen LogP contribution in [0, 0.1) is 0 Å². The van der Waals surface area contributed by atoms with Crippen LogP contribution in [-0.4, -0.2) is 47.4 Å². The molecule has 1 amide bonds. The summed E-state index contributed by atoms with van der Waals surface area (Å²) in [7, 11) is 0. The molecule has 0 rings (SSSR count). The van der Waals surface area contributed by atoms with Gasteiger partial charge in [0.15, 0.2) is 0 Å². The zero-order valence-electron chi connectivity index (χ0n) is 52.5. The fourth-order valence-corrected chi connectivity index (χ4v) is 11.4. The van der Waals surface area contributed by atoms with E-state index in [0.29, 0.717) is 19.4 Å². The summed E-state index contributed by atoms with van der Waals surface area (Å²) in [6.45, 7) is 4.95. The van der Waals surface area contributed by atoms with Crippen molar-refractivity contribution in [2.45, 2.75) is 418 Å². The standard InChI is InChI=1S/C71H139NO5/c1-3-5-7-9-11-13-15-17-19-31-35-39-43-47-51-55-59-63-69(74)68(67-73)72-70(75)64-60-56-52-48-44-40-36-33-29-27-25-23-21-22-24-26-28-30-34-38-42-46-50-54-58-62-66-77-71(76)65-61-57-53-49-45-41-37-32-20-18-16-14-12-10-8-6-4-2/h59,63,68-69,73-74H,3-58,60-62,64-67H2,1-2H3,(H,72,75)/b63-59+. The summed E-state index contributed by atoms with van der Waals surface area (Å²) in [6, 6.07) is -0.626. The van der Waals surface area contributed by atoms with Gasteiger partial charge in [-0.15, -0.1) is 0 Å². The second-order valence-corrected chi connectivity index (χ2v) is 24.6. The molecule has 0 aromatic heterocycles. The van der Waals surface area contributed by atoms with Gasteiger partial charge in [-0.25, -0.2) is 0 Å². The number of hydrogen-bond acceptors (Lipinski definition) is 5. The minimum atomic E-state index is -0.842. The van der Waals surface area contributed by atoms with Gasteiger partial charge < -0.3 is 20.3 Å². The third-order valence-electron chi connectivity index (χ3n) is 16.8. The molecule has 0 aromatic rings. The van der Waals surface area contributed by atoms with Crippen LogP contribution in [-0.2, 0) is 14.3 Å². The maximum Gasteiger partial charge on any atom is 0.305 e. The van der Waals surface area contributed by atoms with Crippen LogP contribution in [0.1, 0.15) is 406 Å². The van der Waals surface area contributed by atoms with Crippen molar-refractivity contribution in [3.63, 3.8) is 0 Å². The lowest BCUT2D eigenvalue weighted by Gasteiger charge is -2.20. The predicted molar refractivity (Wildman–Crippen MR) is 338 cm³/mol. The summed E-state index contributed by atoms with van der Waals surface area (Å²) in [6.07, 6.45) is 82.9. The molecule has 458 valence electrons. The van der Waals surface area contributed by atoms with Crippen molar-refractivity contribution in [1.29, 1.82) is 0 Å². The molecule has 6 nitrogen and oxygen atoms in total. The molecule has 0 saturated heterocycles. The van der Waals surface area contributed by atoms with Crippen molar-refractivity contribution in [2.24, 2.45) is 0 Å². The number of hydrogen-bond donors (Lipinski definition) is 3. The number of esters is 1. The first-order chi connectivity index (χ1) is 38.0. The van der Waals surface area contributed by atoms with Crippen molar-refractivity contribution < 1.29 is 24.5 Å². The zero-order valence-corrected chi connectivity index (χ0v) is 52.5. The lowest BCUT2D eigenvalue weighted by Crippen LogP contribution is -2.45. The van der Waals surface area contributed by atoms with E-state index in [1.165, 1.54) is 340 Å². The van der Waals surface area contributed by atoms with E-state index < -0.39 is 12.1 Å². The first kappa shape index (κ1) is 75.6. The molecule has 0 saturated carbocycles. The number of carbonyl (C=O) groups excluding carboxylic acids is 2. The second kappa shape index (κ2) is 67.1. The third kappa shape index (κ3) is 63.6. The quantitative estimate of drug-likeness (QED) is 0.0320. The van der Waals surface area contributed by atoms with Gasteiger partial charge in [-0.05, 0) is 32.1 Å². The normalized spacial score (nSPS) is 12.5. The summed E-state index contributed by atoms with van der Waals surface area (Å²) in [4.78, 5) is 24.6. The molecule has 3 N–H and O–H groups in total. The van der Waals surface area contributed by atoms with Gasteiger partial charge in [-0.2, -0.15) is 0 Å². The highest BCUT2D eigenvalue weighted by atomic mass is 16.5. The van der Waals surface area contributed by atoms with Crippen molar-refractivity contribution in [3.8, 4) is 0 Å². The van der Waals surface area contributed by atoms with E-state index in [9.17, 15) is 19.8 Å². The third-order valence-corrected chi connectivity index (χ3v) is 16.8. The van der Waals surface area contributed by atoms with E-state index in [1.54, 1.807) is 6.08 Å². The highest BCUT2D eigenvalue weighted by Crippen LogP contribution is 2.19. The number of carbonyl (C=O) groups is 2. The minimum absolute atomic E-state index is 0.0219. The van der Waals surface area contributed by atoms with E-state index >= 15 is 0 Å². The molecule has 0 heterocycles. The summed E-state index contributed by atoms with van der Waals surface area (Å²) in [5.41, 5.74) is 0. The van der Waals surface area contributed by atoms with Crippen LogP contribution in [0.15, 0.2) is 12.2 Å². The predicted octanol–water partition coefficient (Wildman–Crippen LogP) is 22.8. The molecule has 0 aliphatic rings. The molecule has 0 fully saturated rings. The lowest BCUT2D eigenvalue weighted by molar-refractivity contribution is -0.143. The molecular formula is C71H139NO5. The van der Waals surface area contributed by atoms with E-state index in [4.69, 9.17) is 4.74 Å². The van der Waals surface area contributed by atoms with Gasteiger partial charge in [0.2, 0.25) is 5.91 Å². The van der Waals surface area contributed by atoms with Crippen molar-refractivity contribution in [3.05, 3.63) is 12.2 Å². The van der Waals surface area contributed by atoms with Crippen molar-refractivity contribution in [2.75, 3.05) is 13.2 Å². The van der Waals surface area contributed by atoms with Gasteiger partial charge in [0.1, 0.15) is 0 Å². The Bertz CT molecular complexity index is 1160. The number of aliphatic hydroxyl groups is 2. The Morgan fingerprint density at radius 1 is 0.351 bits per heavy atom. The maximum atomic E-state index is 12.5. The molecule has 0 spiro atoms. The largest absolute Gasteiger partial charge is 0.466 e. The summed E-state index contributed by atoms with van der Waals surface area (Å²) in [5.74, 6) is -0.0402. The van der Waals surface area contributed by atoms with Crippen LogP contribution < -0.4 is 5.32 Å². The first-order valence-electron chi connectivity index (χ1n) is 35.5. The molecule has 0 aliphatic carbocycles. The molecular weight excluding hydrogens is 947 g/mol. The van der Waals surface area contributed by atoms with Crippen molar-refractivity contribution >= 4 is 11.9 Å². The van der Waals surface area contributed by atoms with Crippen LogP contribution in [0.4, 0.5) is 0 Å². The van der Waals surface area contributed by atoms with Gasteiger partial charge in [-0.3, -0.25) is 9.59 Å². The molecule has 0 radical (unpaired) electrons. The summed E-state index contributed by atoms with van der Waals surface area (Å²) >= 11 is 0. The molecule has 77 heavy (non-hydrogen) atoms. The Balaban J connectivity index is 3.35. The van der Waals surface area contributed by atoms with E-state index in [2.05, 4.69) is 19.2 Å². The highest BCUT2D eigenvalue weighted by molar-refractivity contribution is 5.76. The molecule has 0 bridgehead atoms. The van der Waals surface area contributed by atoms with Crippen molar-refractivity contribution in [1.82, 2.24) is 5.32 Å². The Morgan fingerprint density at radius 2 is 0.597 bits per heavy atom. The smallest absolute Gasteiger partial charge is 0.305 e. The van der Waals surface area contributed by atoms with E-state index in [1.807, 2.05) is 6.08 Å². The average molecular weight is 1090 g/mol. The zero-order chi connectivity index (χ0) is 55.7. The van der Waals surface area contributed by atoms with E-state index in [-0.39, 0.29) is 18.5 Å². The fourth-order valence-electron chi connectivity index (χ4n) is 11.4. The second-order valence-electron chi connectivity index (χ2n) is 24.6. The number of nitrogens with one attached hydrogen (secondary N) is 1. The molecule has 0 aliphatic heterocycles. The van der Waals surface area contributed by atoms with E-state index in [0.717, 1.165) is 38.5 Å². The fraction of sp³-hybridized carbons (Fsp3) is 0.944. The topological polar surface area (TPSA) is 95.9 Å². The number of aliphatic hydroxyl groups excluding tert-OH is 2. The maximum absolute atomic E-state index is 12.5. The molecule has 2 atom stereocenters. The van der Waals surface area contributed by atoms with Crippen LogP contribution in [0.3, 0.4) is 0 Å². The molecule has 6 heteroatoms. The van der Waals surface area contributed by atoms with Gasteiger partial charge in [-0.1, -0.05) is 373 Å². The van der Waals surface area contributed by atoms with Gasteiger partial charge >= 0.3 is 5.97 Å². The SMILES string of the molecule is CCCCCCCCCCCCCCCCC/C=C/C(O)C(CO)NC(=O)CCCCCCCCCCCCCCCCCCCCCCCCCCCCOC(=O)CCCCCCCCCCCCCCCCCCC. The number of ether oxygens (including phenoxy) is 1. The lowest BCUT2D eigenvalue weighted by atomic mass is 10.0. The Labute approximate surface area is 482 Å².